The number of piperidine rings is 1. The molecule has 0 radical (unpaired) electrons. The molecule has 0 aromatic heterocycles. The predicted molar refractivity (Wildman–Crippen MR) is 78.9 cm³/mol. The largest absolute Gasteiger partial charge is 0.314 e. The normalized spacial score (nSPS) is 33.5. The molecule has 2 fully saturated rings. The van der Waals surface area contributed by atoms with Crippen molar-refractivity contribution in [3.63, 3.8) is 0 Å². The maximum Gasteiger partial charge on any atom is 0.0110 e. The smallest absolute Gasteiger partial charge is 0.0110 e. The van der Waals surface area contributed by atoms with E-state index in [0.29, 0.717) is 0 Å². The highest BCUT2D eigenvalue weighted by molar-refractivity contribution is 4.90. The van der Waals surface area contributed by atoms with E-state index in [2.05, 4.69) is 17.6 Å². The lowest BCUT2D eigenvalue weighted by atomic mass is 9.77. The van der Waals surface area contributed by atoms with Gasteiger partial charge < -0.3 is 10.6 Å². The molecule has 18 heavy (non-hydrogen) atoms. The van der Waals surface area contributed by atoms with Gasteiger partial charge in [0.15, 0.2) is 0 Å². The number of nitrogens with one attached hydrogen (secondary N) is 2. The van der Waals surface area contributed by atoms with Crippen molar-refractivity contribution in [2.24, 2.45) is 5.92 Å². The molecule has 1 aliphatic carbocycles. The monoisotopic (exact) mass is 252 g/mol. The molecule has 2 rings (SSSR count). The van der Waals surface area contributed by atoms with E-state index in [1.165, 1.54) is 77.3 Å². The van der Waals surface area contributed by atoms with Crippen LogP contribution in [-0.4, -0.2) is 25.2 Å². The lowest BCUT2D eigenvalue weighted by molar-refractivity contribution is 0.182. The minimum atomic E-state index is 0.797. The first-order chi connectivity index (χ1) is 8.92. The predicted octanol–water partition coefficient (Wildman–Crippen LogP) is 3.47. The maximum absolute atomic E-state index is 3.86. The van der Waals surface area contributed by atoms with Gasteiger partial charge in [-0.3, -0.25) is 0 Å². The minimum absolute atomic E-state index is 0.797. The number of rotatable bonds is 6. The third kappa shape index (κ3) is 4.24. The molecule has 0 spiro atoms. The zero-order chi connectivity index (χ0) is 12.6. The molecule has 1 saturated carbocycles. The second kappa shape index (κ2) is 8.16. The van der Waals surface area contributed by atoms with Crippen molar-refractivity contribution < 1.29 is 0 Å². The summed E-state index contributed by atoms with van der Waals surface area (Å²) in [6, 6.07) is 1.61. The maximum atomic E-state index is 3.86. The molecule has 2 N–H and O–H groups in total. The van der Waals surface area contributed by atoms with Crippen LogP contribution in [0.15, 0.2) is 0 Å². The summed E-state index contributed by atoms with van der Waals surface area (Å²) in [5.74, 6) is 0.903. The van der Waals surface area contributed by atoms with Gasteiger partial charge in [-0.15, -0.1) is 0 Å². The summed E-state index contributed by atoms with van der Waals surface area (Å²) in [4.78, 5) is 0. The first-order valence-electron chi connectivity index (χ1n) is 8.38. The first-order valence-corrected chi connectivity index (χ1v) is 8.38. The van der Waals surface area contributed by atoms with Crippen LogP contribution < -0.4 is 10.6 Å². The summed E-state index contributed by atoms with van der Waals surface area (Å²) in [7, 11) is 0. The van der Waals surface area contributed by atoms with E-state index >= 15 is 0 Å². The Kier molecular flexibility index (Phi) is 6.50. The van der Waals surface area contributed by atoms with E-state index in [1.54, 1.807) is 0 Å². The molecule has 1 saturated heterocycles. The Morgan fingerprint density at radius 1 is 1.00 bits per heavy atom. The minimum Gasteiger partial charge on any atom is -0.314 e. The van der Waals surface area contributed by atoms with Gasteiger partial charge in [0.05, 0.1) is 0 Å². The number of unbranched alkanes of at least 4 members (excludes halogenated alkanes) is 2. The molecule has 0 aromatic carbocycles. The summed E-state index contributed by atoms with van der Waals surface area (Å²) in [6.45, 7) is 4.78. The van der Waals surface area contributed by atoms with Gasteiger partial charge in [-0.05, 0) is 51.1 Å². The summed E-state index contributed by atoms with van der Waals surface area (Å²) in [5, 5.41) is 7.64. The highest BCUT2D eigenvalue weighted by atomic mass is 15.0. The van der Waals surface area contributed by atoms with Crippen LogP contribution in [0.3, 0.4) is 0 Å². The molecule has 0 amide bonds. The summed E-state index contributed by atoms with van der Waals surface area (Å²) < 4.78 is 0. The highest BCUT2D eigenvalue weighted by Gasteiger charge is 2.31. The molecule has 1 heterocycles. The second-order valence-electron chi connectivity index (χ2n) is 6.27. The van der Waals surface area contributed by atoms with Crippen molar-refractivity contribution in [3.05, 3.63) is 0 Å². The molecule has 2 nitrogen and oxygen atoms in total. The highest BCUT2D eigenvalue weighted by Crippen LogP contribution is 2.30. The van der Waals surface area contributed by atoms with Crippen LogP contribution in [0.1, 0.15) is 71.1 Å². The fourth-order valence-corrected chi connectivity index (χ4v) is 3.80. The van der Waals surface area contributed by atoms with E-state index in [9.17, 15) is 0 Å². The molecule has 3 unspecified atom stereocenters. The summed E-state index contributed by atoms with van der Waals surface area (Å²) in [5.41, 5.74) is 0. The van der Waals surface area contributed by atoms with E-state index in [0.717, 1.165) is 18.0 Å². The molecule has 3 atom stereocenters. The molecule has 2 aliphatic rings. The fourth-order valence-electron chi connectivity index (χ4n) is 3.80. The summed E-state index contributed by atoms with van der Waals surface area (Å²) >= 11 is 0. The van der Waals surface area contributed by atoms with Gasteiger partial charge in [0.1, 0.15) is 0 Å². The zero-order valence-electron chi connectivity index (χ0n) is 12.2. The van der Waals surface area contributed by atoms with Crippen molar-refractivity contribution >= 4 is 0 Å². The van der Waals surface area contributed by atoms with Gasteiger partial charge >= 0.3 is 0 Å². The van der Waals surface area contributed by atoms with Crippen molar-refractivity contribution in [2.75, 3.05) is 13.1 Å². The van der Waals surface area contributed by atoms with Crippen LogP contribution in [0.25, 0.3) is 0 Å². The second-order valence-corrected chi connectivity index (χ2v) is 6.27. The molecule has 0 aromatic rings. The van der Waals surface area contributed by atoms with E-state index in [4.69, 9.17) is 0 Å². The van der Waals surface area contributed by atoms with Crippen molar-refractivity contribution in [2.45, 2.75) is 83.2 Å². The van der Waals surface area contributed by atoms with Crippen molar-refractivity contribution in [1.82, 2.24) is 10.6 Å². The fraction of sp³-hybridized carbons (Fsp3) is 1.00. The molecule has 1 aliphatic heterocycles. The quantitative estimate of drug-likeness (QED) is 0.707. The third-order valence-corrected chi connectivity index (χ3v) is 4.87. The summed E-state index contributed by atoms with van der Waals surface area (Å²) in [6.07, 6.45) is 14.1. The van der Waals surface area contributed by atoms with Crippen molar-refractivity contribution in [3.8, 4) is 0 Å². The average molecular weight is 252 g/mol. The molecule has 2 heteroatoms. The van der Waals surface area contributed by atoms with Crippen LogP contribution in [0, 0.1) is 5.92 Å². The Morgan fingerprint density at radius 3 is 2.61 bits per heavy atom. The Morgan fingerprint density at radius 2 is 1.83 bits per heavy atom. The lowest BCUT2D eigenvalue weighted by Crippen LogP contribution is -2.50. The molecule has 0 bridgehead atoms. The zero-order valence-corrected chi connectivity index (χ0v) is 12.2. The van der Waals surface area contributed by atoms with Crippen LogP contribution in [0.2, 0.25) is 0 Å². The van der Waals surface area contributed by atoms with Crippen molar-refractivity contribution in [1.29, 1.82) is 0 Å². The SMILES string of the molecule is CCCCCNC1CCCCC1C1CCCCN1. The van der Waals surface area contributed by atoms with Crippen LogP contribution >= 0.6 is 0 Å². The molecular weight excluding hydrogens is 220 g/mol. The van der Waals surface area contributed by atoms with Crippen LogP contribution in [0.4, 0.5) is 0 Å². The van der Waals surface area contributed by atoms with Crippen LogP contribution in [-0.2, 0) is 0 Å². The van der Waals surface area contributed by atoms with Gasteiger partial charge in [-0.2, -0.15) is 0 Å². The Labute approximate surface area is 113 Å². The van der Waals surface area contributed by atoms with Gasteiger partial charge in [-0.25, -0.2) is 0 Å². The number of hydrogen-bond acceptors (Lipinski definition) is 2. The van der Waals surface area contributed by atoms with E-state index in [-0.39, 0.29) is 0 Å². The van der Waals surface area contributed by atoms with Gasteiger partial charge in [0.25, 0.3) is 0 Å². The lowest BCUT2D eigenvalue weighted by Gasteiger charge is -2.40. The van der Waals surface area contributed by atoms with Gasteiger partial charge in [0.2, 0.25) is 0 Å². The Balaban J connectivity index is 1.77. The van der Waals surface area contributed by atoms with Crippen LogP contribution in [0.5, 0.6) is 0 Å². The first kappa shape index (κ1) is 14.3. The Hall–Kier alpha value is -0.0800. The third-order valence-electron chi connectivity index (χ3n) is 4.87. The van der Waals surface area contributed by atoms with Gasteiger partial charge in [-0.1, -0.05) is 39.0 Å². The molecular formula is C16H32N2. The van der Waals surface area contributed by atoms with E-state index < -0.39 is 0 Å². The van der Waals surface area contributed by atoms with Gasteiger partial charge in [0, 0.05) is 12.1 Å². The van der Waals surface area contributed by atoms with E-state index in [1.807, 2.05) is 0 Å². The topological polar surface area (TPSA) is 24.1 Å². The Bertz CT molecular complexity index is 211. The number of hydrogen-bond donors (Lipinski definition) is 2. The molecule has 106 valence electrons. The average Bonchev–Trinajstić information content (AvgIpc) is 2.45. The standard InChI is InChI=1S/C16H32N2/c1-2-3-7-12-17-15-10-5-4-9-14(15)16-11-6-8-13-18-16/h14-18H,2-13H2,1H3.